The van der Waals surface area contributed by atoms with Gasteiger partial charge in [0.05, 0.1) is 24.1 Å². The Balaban J connectivity index is 1.52. The summed E-state index contributed by atoms with van der Waals surface area (Å²) in [5.74, 6) is 0.0331. The molecule has 3 aromatic rings. The lowest BCUT2D eigenvalue weighted by Gasteiger charge is -2.39. The Morgan fingerprint density at radius 3 is 2.51 bits per heavy atom. The molecule has 2 aliphatic heterocycles. The molecule has 12 heteroatoms. The van der Waals surface area contributed by atoms with Gasteiger partial charge in [0.2, 0.25) is 5.91 Å². The van der Waals surface area contributed by atoms with Crippen LogP contribution in [0.4, 0.5) is 16.4 Å². The standard InChI is InChI=1S/C25H29N7O5/c1-3-37-25(36)29-19-7-4-14(10-27-19)18-11-28-32-23(26)21(13(2)34)22(30-24(18)32)15-8-16-5-6-17(9-15)31(16)20(35)12-33/h4,7,10-11,15-17,33H,3,5-6,8-9,12,26H2,1-2H3,(H,27,29,36)/t15-,16+,17-. The molecule has 37 heavy (non-hydrogen) atoms. The number of nitrogens with zero attached hydrogens (tertiary/aromatic N) is 5. The third-order valence-electron chi connectivity index (χ3n) is 7.19. The largest absolute Gasteiger partial charge is 0.450 e. The average Bonchev–Trinajstić information content (AvgIpc) is 3.42. The summed E-state index contributed by atoms with van der Waals surface area (Å²) in [4.78, 5) is 47.7. The second-order valence-corrected chi connectivity index (χ2v) is 9.40. The number of fused-ring (bicyclic) bond motifs is 3. The van der Waals surface area contributed by atoms with E-state index in [1.54, 1.807) is 36.4 Å². The first-order valence-corrected chi connectivity index (χ1v) is 12.3. The Morgan fingerprint density at radius 1 is 1.19 bits per heavy atom. The Hall–Kier alpha value is -4.06. The number of pyridine rings is 1. The van der Waals surface area contributed by atoms with Crippen molar-refractivity contribution < 1.29 is 24.2 Å². The summed E-state index contributed by atoms with van der Waals surface area (Å²) in [7, 11) is 0. The second kappa shape index (κ2) is 9.77. The Kier molecular flexibility index (Phi) is 6.50. The number of hydrogen-bond acceptors (Lipinski definition) is 9. The number of Topliss-reactive ketones (excluding diaryl/α,β-unsaturated/α-hetero) is 1. The topological polar surface area (TPSA) is 165 Å². The summed E-state index contributed by atoms with van der Waals surface area (Å²) in [6, 6.07) is 3.42. The molecule has 0 spiro atoms. The van der Waals surface area contributed by atoms with Crippen LogP contribution in [0.5, 0.6) is 0 Å². The van der Waals surface area contributed by atoms with E-state index in [4.69, 9.17) is 15.5 Å². The van der Waals surface area contributed by atoms with Crippen molar-refractivity contribution in [3.63, 3.8) is 0 Å². The van der Waals surface area contributed by atoms with Crippen LogP contribution in [-0.4, -0.2) is 72.7 Å². The molecule has 2 saturated heterocycles. The number of nitrogen functional groups attached to an aromatic ring is 1. The van der Waals surface area contributed by atoms with E-state index in [0.29, 0.717) is 46.7 Å². The van der Waals surface area contributed by atoms with Crippen molar-refractivity contribution in [2.75, 3.05) is 24.3 Å². The van der Waals surface area contributed by atoms with Crippen molar-refractivity contribution in [1.29, 1.82) is 0 Å². The molecule has 5 rings (SSSR count). The van der Waals surface area contributed by atoms with Gasteiger partial charge in [-0.25, -0.2) is 14.8 Å². The number of ketones is 1. The molecule has 2 aliphatic rings. The van der Waals surface area contributed by atoms with Gasteiger partial charge in [0.25, 0.3) is 0 Å². The lowest BCUT2D eigenvalue weighted by atomic mass is 9.85. The van der Waals surface area contributed by atoms with E-state index < -0.39 is 12.7 Å². The molecule has 0 unspecified atom stereocenters. The minimum absolute atomic E-state index is 0.00418. The number of amides is 2. The van der Waals surface area contributed by atoms with Crippen LogP contribution < -0.4 is 11.1 Å². The second-order valence-electron chi connectivity index (χ2n) is 9.40. The van der Waals surface area contributed by atoms with Crippen LogP contribution in [0.2, 0.25) is 0 Å². The number of ether oxygens (including phenoxy) is 1. The molecule has 2 amide bonds. The fourth-order valence-electron chi connectivity index (χ4n) is 5.68. The number of aliphatic hydroxyl groups excluding tert-OH is 1. The van der Waals surface area contributed by atoms with Crippen LogP contribution in [0, 0.1) is 0 Å². The molecule has 12 nitrogen and oxygen atoms in total. The van der Waals surface area contributed by atoms with Gasteiger partial charge in [0.1, 0.15) is 18.2 Å². The monoisotopic (exact) mass is 507 g/mol. The summed E-state index contributed by atoms with van der Waals surface area (Å²) < 4.78 is 6.33. The van der Waals surface area contributed by atoms with E-state index in [9.17, 15) is 19.5 Å². The van der Waals surface area contributed by atoms with Crippen molar-refractivity contribution in [3.05, 3.63) is 35.8 Å². The molecule has 2 bridgehead atoms. The van der Waals surface area contributed by atoms with E-state index >= 15 is 0 Å². The molecule has 0 aliphatic carbocycles. The minimum atomic E-state index is -0.588. The molecule has 4 N–H and O–H groups in total. The van der Waals surface area contributed by atoms with Crippen LogP contribution >= 0.6 is 0 Å². The molecule has 194 valence electrons. The van der Waals surface area contributed by atoms with Crippen molar-refractivity contribution in [1.82, 2.24) is 24.5 Å². The Bertz CT molecular complexity index is 1360. The SMILES string of the molecule is CCOC(=O)Nc1ccc(-c2cnn3c(N)c(C(C)=O)c([C@H]4C[C@H]5CC[C@@H](C4)N5C(=O)CO)nc23)cn1. The number of anilines is 2. The zero-order valence-electron chi connectivity index (χ0n) is 20.7. The number of rotatable bonds is 6. The van der Waals surface area contributed by atoms with Gasteiger partial charge >= 0.3 is 6.09 Å². The maximum atomic E-state index is 12.7. The summed E-state index contributed by atoms with van der Waals surface area (Å²) in [6.07, 6.45) is 5.62. The number of carbonyl (C=O) groups excluding carboxylic acids is 3. The third-order valence-corrected chi connectivity index (χ3v) is 7.19. The number of nitrogens with one attached hydrogen (secondary N) is 1. The molecular weight excluding hydrogens is 478 g/mol. The van der Waals surface area contributed by atoms with Gasteiger partial charge in [-0.1, -0.05) is 0 Å². The fourth-order valence-corrected chi connectivity index (χ4v) is 5.68. The van der Waals surface area contributed by atoms with Crippen LogP contribution in [0.25, 0.3) is 16.8 Å². The zero-order valence-corrected chi connectivity index (χ0v) is 20.7. The number of nitrogens with two attached hydrogens (primary N) is 1. The molecule has 5 heterocycles. The predicted octanol–water partition coefficient (Wildman–Crippen LogP) is 2.37. The molecular formula is C25H29N7O5. The van der Waals surface area contributed by atoms with Gasteiger partial charge in [-0.2, -0.15) is 9.61 Å². The predicted molar refractivity (Wildman–Crippen MR) is 134 cm³/mol. The lowest BCUT2D eigenvalue weighted by Crippen LogP contribution is -2.47. The smallest absolute Gasteiger partial charge is 0.412 e. The third kappa shape index (κ3) is 4.37. The first kappa shape index (κ1) is 24.6. The van der Waals surface area contributed by atoms with Crippen molar-refractivity contribution >= 4 is 35.1 Å². The molecule has 0 radical (unpaired) electrons. The molecule has 3 aromatic heterocycles. The van der Waals surface area contributed by atoms with Crippen molar-refractivity contribution in [2.24, 2.45) is 0 Å². The molecule has 0 aromatic carbocycles. The minimum Gasteiger partial charge on any atom is -0.450 e. The normalized spacial score (nSPS) is 20.7. The van der Waals surface area contributed by atoms with Crippen molar-refractivity contribution in [2.45, 2.75) is 57.5 Å². The highest BCUT2D eigenvalue weighted by molar-refractivity contribution is 6.00. The van der Waals surface area contributed by atoms with Crippen molar-refractivity contribution in [3.8, 4) is 11.1 Å². The highest BCUT2D eigenvalue weighted by atomic mass is 16.5. The average molecular weight is 508 g/mol. The zero-order chi connectivity index (χ0) is 26.3. The maximum Gasteiger partial charge on any atom is 0.412 e. The maximum absolute atomic E-state index is 12.7. The van der Waals surface area contributed by atoms with Crippen LogP contribution in [-0.2, 0) is 9.53 Å². The summed E-state index contributed by atoms with van der Waals surface area (Å²) in [6.45, 7) is 2.93. The summed E-state index contributed by atoms with van der Waals surface area (Å²) in [5, 5.41) is 16.3. The quantitative estimate of drug-likeness (QED) is 0.425. The molecule has 3 atom stereocenters. The van der Waals surface area contributed by atoms with Gasteiger partial charge in [0.15, 0.2) is 11.4 Å². The van der Waals surface area contributed by atoms with E-state index in [2.05, 4.69) is 15.4 Å². The van der Waals surface area contributed by atoms with Crippen LogP contribution in [0.1, 0.15) is 61.5 Å². The molecule has 0 saturated carbocycles. The highest BCUT2D eigenvalue weighted by Crippen LogP contribution is 2.44. The van der Waals surface area contributed by atoms with E-state index in [1.807, 2.05) is 0 Å². The van der Waals surface area contributed by atoms with Crippen LogP contribution in [0.3, 0.4) is 0 Å². The van der Waals surface area contributed by atoms with Gasteiger partial charge < -0.3 is 20.5 Å². The van der Waals surface area contributed by atoms with Gasteiger partial charge in [-0.15, -0.1) is 0 Å². The van der Waals surface area contributed by atoms with E-state index in [0.717, 1.165) is 12.8 Å². The van der Waals surface area contributed by atoms with E-state index in [-0.39, 0.29) is 42.1 Å². The van der Waals surface area contributed by atoms with Gasteiger partial charge in [-0.05, 0) is 51.7 Å². The highest BCUT2D eigenvalue weighted by Gasteiger charge is 2.44. The number of aliphatic hydroxyl groups is 1. The fraction of sp³-hybridized carbons (Fsp3) is 0.440. The Labute approximate surface area is 212 Å². The lowest BCUT2D eigenvalue weighted by molar-refractivity contribution is -0.138. The van der Waals surface area contributed by atoms with Gasteiger partial charge in [0, 0.05) is 35.3 Å². The molecule has 2 fully saturated rings. The summed E-state index contributed by atoms with van der Waals surface area (Å²) >= 11 is 0. The first-order chi connectivity index (χ1) is 17.8. The Morgan fingerprint density at radius 2 is 1.92 bits per heavy atom. The van der Waals surface area contributed by atoms with Gasteiger partial charge in [-0.3, -0.25) is 14.9 Å². The summed E-state index contributed by atoms with van der Waals surface area (Å²) in [5.41, 5.74) is 9.31. The number of carbonyl (C=O) groups is 3. The van der Waals surface area contributed by atoms with E-state index in [1.165, 1.54) is 11.4 Å². The first-order valence-electron chi connectivity index (χ1n) is 12.3. The number of aromatic nitrogens is 4. The number of hydrogen-bond donors (Lipinski definition) is 3. The number of piperidine rings is 1. The van der Waals surface area contributed by atoms with Crippen LogP contribution in [0.15, 0.2) is 24.5 Å².